The van der Waals surface area contributed by atoms with Crippen LogP contribution in [0.25, 0.3) is 22.3 Å². The van der Waals surface area contributed by atoms with Crippen LogP contribution < -0.4 is 0 Å². The molecule has 2 heterocycles. The quantitative estimate of drug-likeness (QED) is 0.174. The van der Waals surface area contributed by atoms with Crippen LogP contribution in [-0.2, 0) is 45.1 Å². The van der Waals surface area contributed by atoms with E-state index in [0.29, 0.717) is 5.56 Å². The van der Waals surface area contributed by atoms with Gasteiger partial charge in [-0.1, -0.05) is 100 Å². The van der Waals surface area contributed by atoms with Gasteiger partial charge in [-0.05, 0) is 117 Å². The summed E-state index contributed by atoms with van der Waals surface area (Å²) in [5.41, 5.74) is 16.7. The van der Waals surface area contributed by atoms with Crippen LogP contribution in [0, 0.1) is 11.6 Å². The molecule has 8 rings (SSSR count). The summed E-state index contributed by atoms with van der Waals surface area (Å²) in [6, 6.07) is 30.0. The minimum atomic E-state index is -0.277. The summed E-state index contributed by atoms with van der Waals surface area (Å²) in [4.78, 5) is 22.0. The van der Waals surface area contributed by atoms with E-state index in [1.54, 1.807) is 12.1 Å². The molecule has 0 saturated carbocycles. The van der Waals surface area contributed by atoms with Gasteiger partial charge >= 0.3 is 0 Å². The molecule has 0 radical (unpaired) electrons. The minimum Gasteiger partial charge on any atom is -0.392 e. The Kier molecular flexibility index (Phi) is 10.9. The molecule has 2 aliphatic rings. The fraction of sp³-hybridized carbons (Fsp3) is 0.271. The number of halogens is 2. The van der Waals surface area contributed by atoms with Crippen LogP contribution in [0.3, 0.4) is 0 Å². The molecule has 2 aliphatic carbocycles. The zero-order valence-corrected chi connectivity index (χ0v) is 31.4. The van der Waals surface area contributed by atoms with Gasteiger partial charge in [0, 0.05) is 41.1 Å². The number of aromatic nitrogens is 2. The average Bonchev–Trinajstić information content (AvgIpc) is 3.49. The van der Waals surface area contributed by atoms with Crippen molar-refractivity contribution in [2.24, 2.45) is 0 Å². The zero-order chi connectivity index (χ0) is 37.9. The van der Waals surface area contributed by atoms with E-state index in [1.807, 2.05) is 12.1 Å². The number of aliphatic hydroxyl groups excluding tert-OH is 1. The Bertz CT molecular complexity index is 2310. The Balaban J connectivity index is 0.000000167. The van der Waals surface area contributed by atoms with Crippen LogP contribution in [0.2, 0.25) is 0 Å². The van der Waals surface area contributed by atoms with Gasteiger partial charge in [0.1, 0.15) is 11.6 Å². The predicted molar refractivity (Wildman–Crippen MR) is 212 cm³/mol. The molecular formula is C48H46F2N2O2. The van der Waals surface area contributed by atoms with Crippen molar-refractivity contribution in [3.63, 3.8) is 0 Å². The molecule has 0 saturated heterocycles. The number of pyridine rings is 2. The number of hydrogen-bond donors (Lipinski definition) is 1. The third-order valence-electron chi connectivity index (χ3n) is 10.8. The van der Waals surface area contributed by atoms with Crippen LogP contribution in [0.1, 0.15) is 112 Å². The lowest BCUT2D eigenvalue weighted by Crippen LogP contribution is -2.11. The number of benzene rings is 4. The normalized spacial score (nSPS) is 13.1. The summed E-state index contributed by atoms with van der Waals surface area (Å²) >= 11 is 0. The predicted octanol–water partition coefficient (Wildman–Crippen LogP) is 10.7. The average molecular weight is 721 g/mol. The van der Waals surface area contributed by atoms with Crippen molar-refractivity contribution in [3.05, 3.63) is 176 Å². The van der Waals surface area contributed by atoms with E-state index in [1.165, 1.54) is 52.1 Å². The zero-order valence-electron chi connectivity index (χ0n) is 31.4. The highest BCUT2D eigenvalue weighted by atomic mass is 19.1. The molecule has 274 valence electrons. The number of aliphatic hydroxyl groups is 1. The second-order valence-corrected chi connectivity index (χ2v) is 15.0. The van der Waals surface area contributed by atoms with Crippen molar-refractivity contribution < 1.29 is 18.7 Å². The molecule has 6 heteroatoms. The van der Waals surface area contributed by atoms with Gasteiger partial charge in [-0.2, -0.15) is 0 Å². The summed E-state index contributed by atoms with van der Waals surface area (Å²) in [5.74, 6) is -0.178. The first-order valence-electron chi connectivity index (χ1n) is 19.0. The first-order chi connectivity index (χ1) is 26.2. The number of carbonyl (C=O) groups is 1. The van der Waals surface area contributed by atoms with Crippen LogP contribution in [0.15, 0.2) is 97.1 Å². The molecule has 6 aromatic rings. The van der Waals surface area contributed by atoms with Gasteiger partial charge in [0.05, 0.1) is 12.3 Å². The molecule has 1 N–H and O–H groups in total. The smallest absolute Gasteiger partial charge is 0.152 e. The summed E-state index contributed by atoms with van der Waals surface area (Å²) in [5, 5.41) is 10.2. The number of hydrogen-bond acceptors (Lipinski definition) is 4. The first-order valence-corrected chi connectivity index (χ1v) is 19.0. The number of carbonyl (C=O) groups excluding carboxylic acids is 1. The molecule has 0 spiro atoms. The highest BCUT2D eigenvalue weighted by Crippen LogP contribution is 2.39. The fourth-order valence-electron chi connectivity index (χ4n) is 8.18. The number of rotatable bonds is 6. The molecule has 0 atom stereocenters. The summed E-state index contributed by atoms with van der Waals surface area (Å²) in [6.07, 6.45) is 6.08. The van der Waals surface area contributed by atoms with Gasteiger partial charge in [-0.25, -0.2) is 8.78 Å². The lowest BCUT2D eigenvalue weighted by atomic mass is 9.87. The second-order valence-electron chi connectivity index (χ2n) is 15.0. The number of aldehydes is 1. The Labute approximate surface area is 317 Å². The Morgan fingerprint density at radius 1 is 0.593 bits per heavy atom. The molecule has 0 amide bonds. The van der Waals surface area contributed by atoms with E-state index in [9.17, 15) is 18.7 Å². The summed E-state index contributed by atoms with van der Waals surface area (Å²) < 4.78 is 27.0. The molecule has 0 unspecified atom stereocenters. The largest absolute Gasteiger partial charge is 0.392 e. The molecule has 4 nitrogen and oxygen atoms in total. The van der Waals surface area contributed by atoms with Crippen LogP contribution in [0.4, 0.5) is 8.78 Å². The first kappa shape index (κ1) is 37.0. The van der Waals surface area contributed by atoms with E-state index in [-0.39, 0.29) is 30.1 Å². The fourth-order valence-corrected chi connectivity index (χ4v) is 8.18. The van der Waals surface area contributed by atoms with Crippen molar-refractivity contribution in [2.75, 3.05) is 0 Å². The van der Waals surface area contributed by atoms with Gasteiger partial charge in [0.2, 0.25) is 0 Å². The van der Waals surface area contributed by atoms with E-state index in [4.69, 9.17) is 9.97 Å². The highest BCUT2D eigenvalue weighted by molar-refractivity contribution is 5.91. The monoisotopic (exact) mass is 720 g/mol. The Morgan fingerprint density at radius 3 is 1.46 bits per heavy atom. The summed E-state index contributed by atoms with van der Waals surface area (Å²) in [6.45, 7) is 8.26. The SMILES string of the molecule is CC(C)c1nc2c(c(-c3ccc(F)cc3)c1C=O)Cc1ccccc1CC2.CC(C)c1nc2c(c(-c3ccc(F)cc3)c1CO)Cc1ccccc1CC2. The minimum absolute atomic E-state index is 0.0673. The van der Waals surface area contributed by atoms with E-state index < -0.39 is 0 Å². The molecule has 0 fully saturated rings. The third kappa shape index (κ3) is 7.40. The van der Waals surface area contributed by atoms with Crippen LogP contribution in [0.5, 0.6) is 0 Å². The Hall–Kier alpha value is -5.33. The molecule has 54 heavy (non-hydrogen) atoms. The third-order valence-corrected chi connectivity index (χ3v) is 10.8. The standard InChI is InChI=1S/C24H24FNO.C24H22FNO/c2*1-15(2)24-21(14-27)23(17-7-10-19(25)11-8-17)20-13-18-6-4-3-5-16(18)9-12-22(20)26-24/h3-8,10-11,15,27H,9,12-14H2,1-2H3;3-8,10-11,14-15H,9,12-13H2,1-2H3. The van der Waals surface area contributed by atoms with Crippen LogP contribution >= 0.6 is 0 Å². The lowest BCUT2D eigenvalue weighted by Gasteiger charge is -2.22. The lowest BCUT2D eigenvalue weighted by molar-refractivity contribution is 0.112. The maximum absolute atomic E-state index is 13.5. The second kappa shape index (κ2) is 16.0. The molecular weight excluding hydrogens is 675 g/mol. The number of nitrogens with zero attached hydrogens (tertiary/aromatic N) is 2. The van der Waals surface area contributed by atoms with E-state index in [2.05, 4.69) is 76.2 Å². The maximum Gasteiger partial charge on any atom is 0.152 e. The van der Waals surface area contributed by atoms with Crippen molar-refractivity contribution >= 4 is 6.29 Å². The number of aryl methyl sites for hydroxylation is 4. The molecule has 2 aromatic heterocycles. The van der Waals surface area contributed by atoms with Gasteiger partial charge < -0.3 is 5.11 Å². The summed E-state index contributed by atoms with van der Waals surface area (Å²) in [7, 11) is 0. The van der Waals surface area contributed by atoms with Gasteiger partial charge in [0.15, 0.2) is 6.29 Å². The molecule has 0 bridgehead atoms. The van der Waals surface area contributed by atoms with Gasteiger partial charge in [-0.3, -0.25) is 14.8 Å². The van der Waals surface area contributed by atoms with Crippen LogP contribution in [-0.4, -0.2) is 21.4 Å². The number of fused-ring (bicyclic) bond motifs is 4. The maximum atomic E-state index is 13.5. The van der Waals surface area contributed by atoms with Crippen molar-refractivity contribution in [2.45, 2.75) is 84.7 Å². The van der Waals surface area contributed by atoms with E-state index >= 15 is 0 Å². The Morgan fingerprint density at radius 2 is 1.02 bits per heavy atom. The van der Waals surface area contributed by atoms with Gasteiger partial charge in [0.25, 0.3) is 0 Å². The van der Waals surface area contributed by atoms with Crippen molar-refractivity contribution in [3.8, 4) is 22.3 Å². The topological polar surface area (TPSA) is 63.1 Å². The van der Waals surface area contributed by atoms with Gasteiger partial charge in [-0.15, -0.1) is 0 Å². The van der Waals surface area contributed by atoms with Crippen molar-refractivity contribution in [1.29, 1.82) is 0 Å². The van der Waals surface area contributed by atoms with Crippen molar-refractivity contribution in [1.82, 2.24) is 9.97 Å². The highest BCUT2D eigenvalue weighted by Gasteiger charge is 2.26. The molecule has 4 aromatic carbocycles. The molecule has 0 aliphatic heterocycles. The van der Waals surface area contributed by atoms with E-state index in [0.717, 1.165) is 101 Å².